The Balaban J connectivity index is 1.95. The molecule has 0 fully saturated rings. The maximum absolute atomic E-state index is 12.7. The molecule has 0 N–H and O–H groups in total. The minimum atomic E-state index is 0.0196. The first-order valence-electron chi connectivity index (χ1n) is 6.22. The molecular formula is C15H12ClIOS. The van der Waals surface area contributed by atoms with Crippen molar-refractivity contribution in [1.82, 2.24) is 0 Å². The predicted octanol–water partition coefficient (Wildman–Crippen LogP) is 5.31. The average molecular weight is 403 g/mol. The molecular weight excluding hydrogens is 391 g/mol. The molecule has 1 aliphatic rings. The molecule has 4 heteroatoms. The van der Waals surface area contributed by atoms with Gasteiger partial charge in [0.1, 0.15) is 0 Å². The molecule has 1 aliphatic carbocycles. The normalized spacial score (nSPS) is 18.1. The summed E-state index contributed by atoms with van der Waals surface area (Å²) in [7, 11) is 0. The maximum atomic E-state index is 12.7. The van der Waals surface area contributed by atoms with E-state index in [4.69, 9.17) is 11.6 Å². The second-order valence-electron chi connectivity index (χ2n) is 4.74. The summed E-state index contributed by atoms with van der Waals surface area (Å²) in [4.78, 5) is 14.0. The van der Waals surface area contributed by atoms with Crippen molar-refractivity contribution in [2.45, 2.75) is 25.2 Å². The third-order valence-electron chi connectivity index (χ3n) is 3.57. The summed E-state index contributed by atoms with van der Waals surface area (Å²) >= 11 is 10.1. The molecule has 2 aromatic rings. The molecule has 1 aromatic carbocycles. The number of fused-ring (bicyclic) bond motifs is 1. The van der Waals surface area contributed by atoms with E-state index in [1.807, 2.05) is 12.1 Å². The molecule has 1 unspecified atom stereocenters. The lowest BCUT2D eigenvalue weighted by atomic mass is 9.82. The van der Waals surface area contributed by atoms with E-state index in [0.717, 1.165) is 28.4 Å². The summed E-state index contributed by atoms with van der Waals surface area (Å²) in [5, 5.41) is 2.75. The quantitative estimate of drug-likeness (QED) is 0.491. The topological polar surface area (TPSA) is 17.1 Å². The van der Waals surface area contributed by atoms with Crippen molar-refractivity contribution < 1.29 is 4.79 Å². The lowest BCUT2D eigenvalue weighted by Gasteiger charge is -2.21. The number of ketones is 1. The number of Topliss-reactive ketones (excluding diaryl/α,β-unsaturated/α-hetero) is 1. The second kappa shape index (κ2) is 5.54. The Kier molecular flexibility index (Phi) is 3.96. The van der Waals surface area contributed by atoms with Gasteiger partial charge in [0.05, 0.1) is 5.02 Å². The van der Waals surface area contributed by atoms with Crippen LogP contribution in [0.1, 0.15) is 39.6 Å². The van der Waals surface area contributed by atoms with E-state index in [2.05, 4.69) is 34.0 Å². The van der Waals surface area contributed by atoms with Crippen LogP contribution >= 0.6 is 45.5 Å². The lowest BCUT2D eigenvalue weighted by Crippen LogP contribution is -2.17. The van der Waals surface area contributed by atoms with Gasteiger partial charge in [-0.15, -0.1) is 11.3 Å². The molecule has 0 aliphatic heterocycles. The molecule has 3 rings (SSSR count). The van der Waals surface area contributed by atoms with Crippen LogP contribution < -0.4 is 0 Å². The average Bonchev–Trinajstić information content (AvgIpc) is 2.89. The van der Waals surface area contributed by atoms with E-state index >= 15 is 0 Å². The molecule has 1 atom stereocenters. The molecule has 19 heavy (non-hydrogen) atoms. The van der Waals surface area contributed by atoms with Crippen molar-refractivity contribution in [1.29, 1.82) is 0 Å². The van der Waals surface area contributed by atoms with E-state index in [-0.39, 0.29) is 11.7 Å². The van der Waals surface area contributed by atoms with E-state index in [0.29, 0.717) is 5.02 Å². The lowest BCUT2D eigenvalue weighted by molar-refractivity contribution is 0.0951. The zero-order valence-corrected chi connectivity index (χ0v) is 13.9. The predicted molar refractivity (Wildman–Crippen MR) is 88.5 cm³/mol. The Morgan fingerprint density at radius 3 is 3.00 bits per heavy atom. The number of carbonyl (C=O) groups excluding carboxylic acids is 1. The van der Waals surface area contributed by atoms with Gasteiger partial charge in [-0.2, -0.15) is 0 Å². The fraction of sp³-hybridized carbons (Fsp3) is 0.267. The zero-order valence-electron chi connectivity index (χ0n) is 10.2. The molecule has 1 nitrogen and oxygen atoms in total. The minimum Gasteiger partial charge on any atom is -0.293 e. The molecule has 0 radical (unpaired) electrons. The molecule has 0 saturated heterocycles. The highest BCUT2D eigenvalue weighted by Gasteiger charge is 2.28. The van der Waals surface area contributed by atoms with Gasteiger partial charge in [0.2, 0.25) is 0 Å². The van der Waals surface area contributed by atoms with E-state index in [9.17, 15) is 4.79 Å². The minimum absolute atomic E-state index is 0.0196. The molecule has 1 heterocycles. The maximum Gasteiger partial charge on any atom is 0.170 e. The first-order valence-corrected chi connectivity index (χ1v) is 8.56. The van der Waals surface area contributed by atoms with Crippen LogP contribution in [0.15, 0.2) is 29.6 Å². The largest absolute Gasteiger partial charge is 0.293 e. The van der Waals surface area contributed by atoms with Crippen LogP contribution in [0.3, 0.4) is 0 Å². The summed E-state index contributed by atoms with van der Waals surface area (Å²) in [6.45, 7) is 0. The summed E-state index contributed by atoms with van der Waals surface area (Å²) in [6, 6.07) is 7.70. The summed E-state index contributed by atoms with van der Waals surface area (Å²) in [5.41, 5.74) is 1.96. The van der Waals surface area contributed by atoms with Crippen molar-refractivity contribution in [2.24, 2.45) is 0 Å². The van der Waals surface area contributed by atoms with Gasteiger partial charge >= 0.3 is 0 Å². The summed E-state index contributed by atoms with van der Waals surface area (Å²) in [6.07, 6.45) is 3.17. The van der Waals surface area contributed by atoms with Crippen LogP contribution in [0.5, 0.6) is 0 Å². The van der Waals surface area contributed by atoms with Gasteiger partial charge in [0.15, 0.2) is 5.78 Å². The van der Waals surface area contributed by atoms with Gasteiger partial charge in [0.25, 0.3) is 0 Å². The molecule has 0 spiro atoms. The first kappa shape index (κ1) is 13.6. The molecule has 1 aromatic heterocycles. The van der Waals surface area contributed by atoms with Gasteiger partial charge < -0.3 is 0 Å². The monoisotopic (exact) mass is 402 g/mol. The Morgan fingerprint density at radius 1 is 1.37 bits per heavy atom. The van der Waals surface area contributed by atoms with Gasteiger partial charge in [-0.1, -0.05) is 17.7 Å². The number of aryl methyl sites for hydroxylation is 1. The van der Waals surface area contributed by atoms with Crippen LogP contribution in [0.2, 0.25) is 5.02 Å². The Labute approximate surface area is 135 Å². The Morgan fingerprint density at radius 2 is 2.21 bits per heavy atom. The highest BCUT2D eigenvalue weighted by atomic mass is 127. The van der Waals surface area contributed by atoms with E-state index < -0.39 is 0 Å². The van der Waals surface area contributed by atoms with Crippen molar-refractivity contribution in [2.75, 3.05) is 0 Å². The molecule has 0 saturated carbocycles. The molecule has 98 valence electrons. The number of thiophene rings is 1. The molecule has 0 amide bonds. The van der Waals surface area contributed by atoms with Crippen LogP contribution in [0, 0.1) is 3.57 Å². The summed E-state index contributed by atoms with van der Waals surface area (Å²) < 4.78 is 0.982. The van der Waals surface area contributed by atoms with E-state index in [1.165, 1.54) is 10.4 Å². The Bertz CT molecular complexity index is 635. The van der Waals surface area contributed by atoms with Crippen LogP contribution in [-0.4, -0.2) is 5.78 Å². The third-order valence-corrected chi connectivity index (χ3v) is 6.14. The number of carbonyl (C=O) groups is 1. The third kappa shape index (κ3) is 2.60. The van der Waals surface area contributed by atoms with Gasteiger partial charge in [-0.3, -0.25) is 4.79 Å². The van der Waals surface area contributed by atoms with Crippen molar-refractivity contribution >= 4 is 51.3 Å². The highest BCUT2D eigenvalue weighted by Crippen LogP contribution is 2.37. The molecule has 0 bridgehead atoms. The van der Waals surface area contributed by atoms with Crippen LogP contribution in [0.25, 0.3) is 0 Å². The number of hydrogen-bond donors (Lipinski definition) is 0. The van der Waals surface area contributed by atoms with Crippen molar-refractivity contribution in [3.63, 3.8) is 0 Å². The van der Waals surface area contributed by atoms with Gasteiger partial charge in [0, 0.05) is 19.9 Å². The van der Waals surface area contributed by atoms with Gasteiger partial charge in [-0.05, 0) is 71.0 Å². The number of hydrogen-bond acceptors (Lipinski definition) is 2. The van der Waals surface area contributed by atoms with Crippen LogP contribution in [0.4, 0.5) is 0 Å². The number of benzene rings is 1. The van der Waals surface area contributed by atoms with Gasteiger partial charge in [-0.25, -0.2) is 0 Å². The highest BCUT2D eigenvalue weighted by molar-refractivity contribution is 14.1. The standard InChI is InChI=1S/C15H12ClIOS/c16-12-8-9(4-5-13(12)17)15(18)11-2-1-3-14-10(11)6-7-19-14/h4-8,11H,1-3H2. The van der Waals surface area contributed by atoms with Crippen LogP contribution in [-0.2, 0) is 6.42 Å². The summed E-state index contributed by atoms with van der Waals surface area (Å²) in [5.74, 6) is 0.226. The van der Waals surface area contributed by atoms with Crippen molar-refractivity contribution in [3.05, 3.63) is 54.2 Å². The van der Waals surface area contributed by atoms with E-state index in [1.54, 1.807) is 17.4 Å². The van der Waals surface area contributed by atoms with Crippen molar-refractivity contribution in [3.8, 4) is 0 Å². The smallest absolute Gasteiger partial charge is 0.170 e. The Hall–Kier alpha value is -0.390. The SMILES string of the molecule is O=C(c1ccc(I)c(Cl)c1)C1CCCc2sccc21. The fourth-order valence-corrected chi connectivity index (χ4v) is 4.11. The number of halogens is 2. The first-order chi connectivity index (χ1) is 9.16. The zero-order chi connectivity index (χ0) is 13.4. The fourth-order valence-electron chi connectivity index (χ4n) is 2.61. The number of rotatable bonds is 2. The second-order valence-corrected chi connectivity index (χ2v) is 7.31.